The molecule has 0 spiro atoms. The maximum Gasteiger partial charge on any atom is 0.309 e. The van der Waals surface area contributed by atoms with Gasteiger partial charge in [0, 0.05) is 31.1 Å². The van der Waals surface area contributed by atoms with Gasteiger partial charge >= 0.3 is 5.97 Å². The normalized spacial score (nSPS) is 20.3. The van der Waals surface area contributed by atoms with Crippen molar-refractivity contribution in [3.63, 3.8) is 0 Å². The summed E-state index contributed by atoms with van der Waals surface area (Å²) in [7, 11) is 1.62. The number of hydrogen-bond acceptors (Lipinski definition) is 7. The molecule has 0 saturated carbocycles. The molecular weight excluding hydrogens is 503 g/mol. The maximum atomic E-state index is 14.0. The number of hydrogen-bond donors (Lipinski definition) is 1. The van der Waals surface area contributed by atoms with Crippen LogP contribution in [0.1, 0.15) is 63.1 Å². The number of cyclic esters (lactones) is 1. The topological polar surface area (TPSA) is 83.5 Å². The molecule has 4 rings (SSSR count). The molecule has 2 aliphatic heterocycles. The summed E-state index contributed by atoms with van der Waals surface area (Å²) in [5.41, 5.74) is 4.15. The summed E-state index contributed by atoms with van der Waals surface area (Å²) >= 11 is 0. The van der Waals surface area contributed by atoms with Crippen molar-refractivity contribution in [2.45, 2.75) is 70.7 Å². The van der Waals surface area contributed by atoms with Gasteiger partial charge in [-0.3, -0.25) is 4.79 Å². The second-order valence-corrected chi connectivity index (χ2v) is 11.0. The van der Waals surface area contributed by atoms with E-state index in [4.69, 9.17) is 23.7 Å². The van der Waals surface area contributed by atoms with E-state index in [2.05, 4.69) is 13.8 Å². The van der Waals surface area contributed by atoms with Crippen molar-refractivity contribution in [2.24, 2.45) is 0 Å². The van der Waals surface area contributed by atoms with Crippen LogP contribution in [0.15, 0.2) is 30.3 Å². The minimum Gasteiger partial charge on any atom is -0.487 e. The number of rotatable bonds is 11. The highest BCUT2D eigenvalue weighted by Gasteiger charge is 2.38. The van der Waals surface area contributed by atoms with Crippen LogP contribution in [0.4, 0.5) is 4.39 Å². The van der Waals surface area contributed by atoms with Gasteiger partial charge in [-0.15, -0.1) is 0 Å². The van der Waals surface area contributed by atoms with Crippen molar-refractivity contribution in [2.75, 3.05) is 33.5 Å². The zero-order chi connectivity index (χ0) is 28.2. The largest absolute Gasteiger partial charge is 0.487 e. The Balaban J connectivity index is 1.86. The number of aliphatic hydroxyl groups excluding tert-OH is 1. The molecule has 0 aromatic heterocycles. The minimum atomic E-state index is -0.742. The quantitative estimate of drug-likeness (QED) is 0.299. The molecule has 0 aliphatic carbocycles. The molecule has 1 saturated heterocycles. The Labute approximate surface area is 229 Å². The maximum absolute atomic E-state index is 14.0. The number of carbonyl (C=O) groups is 1. The van der Waals surface area contributed by atoms with E-state index >= 15 is 0 Å². The van der Waals surface area contributed by atoms with Gasteiger partial charge in [0.1, 0.15) is 24.1 Å². The number of ether oxygens (including phenoxy) is 5. The number of fused-ring (bicyclic) bond motifs is 1. The number of carbonyl (C=O) groups excluding carboxylic acids is 1. The molecule has 0 unspecified atom stereocenters. The van der Waals surface area contributed by atoms with Crippen LogP contribution >= 0.6 is 0 Å². The first-order valence-electron chi connectivity index (χ1n) is 13.5. The summed E-state index contributed by atoms with van der Waals surface area (Å²) in [5, 5.41) is 10.1. The molecule has 1 N–H and O–H groups in total. The van der Waals surface area contributed by atoms with Crippen LogP contribution in [0.2, 0.25) is 0 Å². The van der Waals surface area contributed by atoms with E-state index in [1.165, 1.54) is 12.1 Å². The fraction of sp³-hybridized carbons (Fsp3) is 0.516. The number of methoxy groups -OCH3 is 1. The Morgan fingerprint density at radius 3 is 2.54 bits per heavy atom. The highest BCUT2D eigenvalue weighted by molar-refractivity contribution is 5.87. The molecule has 7 nitrogen and oxygen atoms in total. The first-order chi connectivity index (χ1) is 18.6. The van der Waals surface area contributed by atoms with Crippen LogP contribution in [0, 0.1) is 5.82 Å². The Bertz CT molecular complexity index is 1190. The molecule has 2 aliphatic rings. The first kappa shape index (κ1) is 29.1. The zero-order valence-electron chi connectivity index (χ0n) is 23.4. The monoisotopic (exact) mass is 542 g/mol. The van der Waals surface area contributed by atoms with Crippen molar-refractivity contribution < 1.29 is 38.0 Å². The van der Waals surface area contributed by atoms with E-state index < -0.39 is 23.8 Å². The summed E-state index contributed by atoms with van der Waals surface area (Å²) in [6.07, 6.45) is 3.48. The number of halogens is 1. The second kappa shape index (κ2) is 12.5. The predicted octanol–water partition coefficient (Wildman–Crippen LogP) is 5.45. The summed E-state index contributed by atoms with van der Waals surface area (Å²) in [5.74, 6) is 0.628. The summed E-state index contributed by atoms with van der Waals surface area (Å²) in [6.45, 7) is 9.94. The molecule has 2 aromatic rings. The first-order valence-corrected chi connectivity index (χ1v) is 13.5. The SMILES string of the molecule is COCCOCCOc1c2c(c(C(C)C)c(/C=C/[C@@H]3C[C@@H](O)CC(=O)O3)c1-c1ccc(F)cc1)CC(C)(C)O2. The van der Waals surface area contributed by atoms with Gasteiger partial charge in [-0.1, -0.05) is 32.1 Å². The zero-order valence-corrected chi connectivity index (χ0v) is 23.4. The fourth-order valence-electron chi connectivity index (χ4n) is 5.26. The van der Waals surface area contributed by atoms with Gasteiger partial charge < -0.3 is 28.8 Å². The van der Waals surface area contributed by atoms with E-state index in [0.717, 1.165) is 27.8 Å². The molecule has 0 radical (unpaired) electrons. The van der Waals surface area contributed by atoms with Crippen molar-refractivity contribution in [3.8, 4) is 22.6 Å². The Hall–Kier alpha value is -2.94. The van der Waals surface area contributed by atoms with Crippen molar-refractivity contribution in [1.82, 2.24) is 0 Å². The van der Waals surface area contributed by atoms with Crippen molar-refractivity contribution in [3.05, 3.63) is 52.8 Å². The summed E-state index contributed by atoms with van der Waals surface area (Å²) < 4.78 is 43.0. The summed E-state index contributed by atoms with van der Waals surface area (Å²) in [6, 6.07) is 6.30. The lowest BCUT2D eigenvalue weighted by Crippen LogP contribution is -2.31. The van der Waals surface area contributed by atoms with Crippen LogP contribution in [-0.4, -0.2) is 62.4 Å². The standard InChI is InChI=1S/C31H39FO7/c1-19(2)27-24(11-10-23-16-22(33)17-26(34)38-23)28(20-6-8-21(32)9-7-20)30(37-15-14-36-13-12-35-5)29-25(27)18-31(3,4)39-29/h6-11,19,22-23,33H,12-18H2,1-5H3/b11-10+/t22-,23-/m1/s1. The third-order valence-corrected chi connectivity index (χ3v) is 6.86. The van der Waals surface area contributed by atoms with Crippen LogP contribution in [0.25, 0.3) is 17.2 Å². The molecule has 2 atom stereocenters. The molecule has 1 fully saturated rings. The van der Waals surface area contributed by atoms with E-state index in [-0.39, 0.29) is 24.8 Å². The third-order valence-electron chi connectivity index (χ3n) is 6.86. The van der Waals surface area contributed by atoms with E-state index in [9.17, 15) is 14.3 Å². The van der Waals surface area contributed by atoms with Crippen LogP contribution in [0.3, 0.4) is 0 Å². The average Bonchev–Trinajstić information content (AvgIpc) is 3.18. The highest BCUT2D eigenvalue weighted by Crippen LogP contribution is 2.53. The lowest BCUT2D eigenvalue weighted by Gasteiger charge is -2.25. The van der Waals surface area contributed by atoms with Gasteiger partial charge in [0.25, 0.3) is 0 Å². The second-order valence-electron chi connectivity index (χ2n) is 11.0. The Kier molecular flexibility index (Phi) is 9.31. The van der Waals surface area contributed by atoms with Gasteiger partial charge in [-0.2, -0.15) is 0 Å². The lowest BCUT2D eigenvalue weighted by molar-refractivity contribution is -0.156. The predicted molar refractivity (Wildman–Crippen MR) is 147 cm³/mol. The molecule has 212 valence electrons. The van der Waals surface area contributed by atoms with Gasteiger partial charge in [-0.05, 0) is 54.7 Å². The summed E-state index contributed by atoms with van der Waals surface area (Å²) in [4.78, 5) is 12.0. The smallest absolute Gasteiger partial charge is 0.309 e. The Morgan fingerprint density at radius 2 is 1.87 bits per heavy atom. The van der Waals surface area contributed by atoms with E-state index in [1.54, 1.807) is 19.2 Å². The molecular formula is C31H39FO7. The van der Waals surface area contributed by atoms with Crippen LogP contribution in [-0.2, 0) is 25.4 Å². The fourth-order valence-corrected chi connectivity index (χ4v) is 5.26. The molecule has 2 heterocycles. The average molecular weight is 543 g/mol. The van der Waals surface area contributed by atoms with Crippen molar-refractivity contribution >= 4 is 12.0 Å². The molecule has 0 amide bonds. The molecule has 8 heteroatoms. The number of esters is 1. The number of aliphatic hydroxyl groups is 1. The van der Waals surface area contributed by atoms with Crippen LogP contribution < -0.4 is 9.47 Å². The Morgan fingerprint density at radius 1 is 1.15 bits per heavy atom. The number of benzene rings is 2. The van der Waals surface area contributed by atoms with Gasteiger partial charge in [-0.25, -0.2) is 4.39 Å². The minimum absolute atomic E-state index is 0.00186. The van der Waals surface area contributed by atoms with Gasteiger partial charge in [0.05, 0.1) is 32.3 Å². The lowest BCUT2D eigenvalue weighted by atomic mass is 9.83. The third kappa shape index (κ3) is 6.99. The van der Waals surface area contributed by atoms with Gasteiger partial charge in [0.2, 0.25) is 0 Å². The molecule has 0 bridgehead atoms. The van der Waals surface area contributed by atoms with Crippen LogP contribution in [0.5, 0.6) is 11.5 Å². The molecule has 2 aromatic carbocycles. The van der Waals surface area contributed by atoms with E-state index in [1.807, 2.05) is 26.0 Å². The molecule has 39 heavy (non-hydrogen) atoms. The van der Waals surface area contributed by atoms with Gasteiger partial charge in [0.15, 0.2) is 11.5 Å². The van der Waals surface area contributed by atoms with E-state index in [0.29, 0.717) is 44.2 Å². The highest BCUT2D eigenvalue weighted by atomic mass is 19.1. The van der Waals surface area contributed by atoms with Crippen molar-refractivity contribution in [1.29, 1.82) is 0 Å².